The third-order valence-corrected chi connectivity index (χ3v) is 5.16. The molecule has 5 heteroatoms. The number of rotatable bonds is 9. The molecule has 3 aromatic carbocycles. The second kappa shape index (κ2) is 10.5. The molecular weight excluding hydrogens is 398 g/mol. The summed E-state index contributed by atoms with van der Waals surface area (Å²) < 4.78 is 6.07. The van der Waals surface area contributed by atoms with Crippen molar-refractivity contribution in [3.05, 3.63) is 78.9 Å². The third-order valence-electron chi connectivity index (χ3n) is 5.16. The summed E-state index contributed by atoms with van der Waals surface area (Å²) in [6.45, 7) is 2.80. The van der Waals surface area contributed by atoms with E-state index in [4.69, 9.17) is 19.7 Å². The molecule has 162 valence electrons. The maximum absolute atomic E-state index is 10.2. The second-order valence-electron chi connectivity index (χ2n) is 7.63. The number of hydrogen-bond donors (Lipinski definition) is 1. The van der Waals surface area contributed by atoms with E-state index >= 15 is 0 Å². The molecular formula is C27H27N3O2. The molecule has 5 nitrogen and oxygen atoms in total. The van der Waals surface area contributed by atoms with Crippen molar-refractivity contribution in [3.63, 3.8) is 0 Å². The Kier molecular flexibility index (Phi) is 7.08. The molecule has 1 heterocycles. The Balaban J connectivity index is 1.76. The highest BCUT2D eigenvalue weighted by Crippen LogP contribution is 2.33. The van der Waals surface area contributed by atoms with Crippen molar-refractivity contribution in [3.8, 4) is 45.7 Å². The normalized spacial score (nSPS) is 10.8. The molecule has 0 spiro atoms. The zero-order valence-electron chi connectivity index (χ0n) is 18.2. The van der Waals surface area contributed by atoms with Crippen LogP contribution in [0.25, 0.3) is 34.2 Å². The molecule has 32 heavy (non-hydrogen) atoms. The van der Waals surface area contributed by atoms with Crippen LogP contribution < -0.4 is 4.74 Å². The molecule has 0 bridgehead atoms. The summed E-state index contributed by atoms with van der Waals surface area (Å²) in [5.74, 6) is 2.42. The highest BCUT2D eigenvalue weighted by Gasteiger charge is 2.16. The van der Waals surface area contributed by atoms with Gasteiger partial charge in [0.1, 0.15) is 11.5 Å². The molecule has 0 aliphatic heterocycles. The van der Waals surface area contributed by atoms with Gasteiger partial charge in [0.25, 0.3) is 0 Å². The van der Waals surface area contributed by atoms with E-state index < -0.39 is 0 Å². The summed E-state index contributed by atoms with van der Waals surface area (Å²) in [6, 6.07) is 24.7. The van der Waals surface area contributed by atoms with Crippen LogP contribution >= 0.6 is 0 Å². The van der Waals surface area contributed by atoms with Crippen LogP contribution in [-0.4, -0.2) is 26.7 Å². The van der Waals surface area contributed by atoms with Gasteiger partial charge in [-0.3, -0.25) is 0 Å². The van der Waals surface area contributed by atoms with E-state index in [1.807, 2.05) is 60.7 Å². The van der Waals surface area contributed by atoms with E-state index in [-0.39, 0.29) is 5.75 Å². The van der Waals surface area contributed by atoms with E-state index in [0.717, 1.165) is 24.0 Å². The molecule has 0 amide bonds. The first-order valence-electron chi connectivity index (χ1n) is 11.1. The maximum atomic E-state index is 10.2. The van der Waals surface area contributed by atoms with Crippen LogP contribution in [0.15, 0.2) is 78.9 Å². The molecule has 0 radical (unpaired) electrons. The third kappa shape index (κ3) is 5.30. The van der Waals surface area contributed by atoms with Crippen molar-refractivity contribution >= 4 is 0 Å². The minimum atomic E-state index is 0.140. The van der Waals surface area contributed by atoms with Gasteiger partial charge in [-0.15, -0.1) is 0 Å². The Morgan fingerprint density at radius 3 is 1.88 bits per heavy atom. The fourth-order valence-corrected chi connectivity index (χ4v) is 3.46. The van der Waals surface area contributed by atoms with Crippen LogP contribution in [0.4, 0.5) is 0 Å². The first-order valence-corrected chi connectivity index (χ1v) is 11.1. The highest BCUT2D eigenvalue weighted by atomic mass is 16.5. The number of benzene rings is 3. The summed E-state index contributed by atoms with van der Waals surface area (Å²) in [5, 5.41) is 10.2. The van der Waals surface area contributed by atoms with Gasteiger partial charge < -0.3 is 9.84 Å². The fraction of sp³-hybridized carbons (Fsp3) is 0.222. The number of nitrogens with zero attached hydrogens (tertiary/aromatic N) is 3. The van der Waals surface area contributed by atoms with Gasteiger partial charge >= 0.3 is 0 Å². The minimum absolute atomic E-state index is 0.140. The lowest BCUT2D eigenvalue weighted by Gasteiger charge is -2.13. The molecule has 0 aliphatic carbocycles. The van der Waals surface area contributed by atoms with Crippen LogP contribution in [-0.2, 0) is 0 Å². The molecule has 1 aromatic heterocycles. The molecule has 1 N–H and O–H groups in total. The summed E-state index contributed by atoms with van der Waals surface area (Å²) in [6.07, 6.45) is 4.49. The number of ether oxygens (including phenoxy) is 1. The zero-order chi connectivity index (χ0) is 22.2. The van der Waals surface area contributed by atoms with E-state index in [9.17, 15) is 5.11 Å². The lowest BCUT2D eigenvalue weighted by molar-refractivity contribution is 0.305. The average Bonchev–Trinajstić information content (AvgIpc) is 2.85. The predicted octanol–water partition coefficient (Wildman–Crippen LogP) is 6.54. The van der Waals surface area contributed by atoms with Crippen molar-refractivity contribution < 1.29 is 9.84 Å². The van der Waals surface area contributed by atoms with Gasteiger partial charge in [-0.2, -0.15) is 0 Å². The SMILES string of the molecule is CCCCCCOc1ccc(O)cc1-c1nc(-c2ccccc2)nc(-c2ccccc2)n1. The Morgan fingerprint density at radius 2 is 1.28 bits per heavy atom. The Morgan fingerprint density at radius 1 is 0.688 bits per heavy atom. The number of aromatic nitrogens is 3. The first kappa shape index (κ1) is 21.5. The molecule has 0 fully saturated rings. The van der Waals surface area contributed by atoms with Crippen molar-refractivity contribution in [1.29, 1.82) is 0 Å². The first-order chi connectivity index (χ1) is 15.7. The van der Waals surface area contributed by atoms with Gasteiger partial charge in [0, 0.05) is 11.1 Å². The molecule has 4 aromatic rings. The average molecular weight is 426 g/mol. The Labute approximate surface area is 188 Å². The lowest BCUT2D eigenvalue weighted by Crippen LogP contribution is -2.03. The minimum Gasteiger partial charge on any atom is -0.508 e. The van der Waals surface area contributed by atoms with E-state index in [1.54, 1.807) is 18.2 Å². The van der Waals surface area contributed by atoms with Gasteiger partial charge in [0.2, 0.25) is 0 Å². The number of aromatic hydroxyl groups is 1. The summed E-state index contributed by atoms with van der Waals surface area (Å²) in [4.78, 5) is 14.2. The summed E-state index contributed by atoms with van der Waals surface area (Å²) in [5.41, 5.74) is 2.45. The number of phenols is 1. The van der Waals surface area contributed by atoms with Crippen molar-refractivity contribution in [2.45, 2.75) is 32.6 Å². The number of unbranched alkanes of at least 4 members (excludes halogenated alkanes) is 3. The van der Waals surface area contributed by atoms with Gasteiger partial charge in [-0.05, 0) is 24.6 Å². The van der Waals surface area contributed by atoms with Crippen LogP contribution in [0.5, 0.6) is 11.5 Å². The van der Waals surface area contributed by atoms with Gasteiger partial charge in [0.15, 0.2) is 17.5 Å². The largest absolute Gasteiger partial charge is 0.508 e. The molecule has 0 aliphatic rings. The fourth-order valence-electron chi connectivity index (χ4n) is 3.46. The van der Waals surface area contributed by atoms with Crippen molar-refractivity contribution in [2.75, 3.05) is 6.61 Å². The lowest BCUT2D eigenvalue weighted by atomic mass is 10.1. The number of hydrogen-bond acceptors (Lipinski definition) is 5. The van der Waals surface area contributed by atoms with Gasteiger partial charge in [0.05, 0.1) is 12.2 Å². The smallest absolute Gasteiger partial charge is 0.167 e. The standard InChI is InChI=1S/C27H27N3O2/c1-2-3-4-11-18-32-24-17-16-22(31)19-23(24)27-29-25(20-12-7-5-8-13-20)28-26(30-27)21-14-9-6-10-15-21/h5-10,12-17,19,31H,2-4,11,18H2,1H3. The van der Waals surface area contributed by atoms with Gasteiger partial charge in [-0.1, -0.05) is 86.8 Å². The summed E-state index contributed by atoms with van der Waals surface area (Å²) in [7, 11) is 0. The van der Waals surface area contributed by atoms with E-state index in [2.05, 4.69) is 6.92 Å². The Hall–Kier alpha value is -3.73. The molecule has 0 atom stereocenters. The number of phenolic OH excluding ortho intramolecular Hbond substituents is 1. The zero-order valence-corrected chi connectivity index (χ0v) is 18.2. The van der Waals surface area contributed by atoms with Crippen LogP contribution in [0.2, 0.25) is 0 Å². The summed E-state index contributed by atoms with van der Waals surface area (Å²) >= 11 is 0. The quantitative estimate of drug-likeness (QED) is 0.309. The van der Waals surface area contributed by atoms with Crippen molar-refractivity contribution in [2.24, 2.45) is 0 Å². The van der Waals surface area contributed by atoms with E-state index in [0.29, 0.717) is 35.4 Å². The monoisotopic (exact) mass is 425 g/mol. The van der Waals surface area contributed by atoms with Gasteiger partial charge in [-0.25, -0.2) is 15.0 Å². The topological polar surface area (TPSA) is 68.1 Å². The van der Waals surface area contributed by atoms with Crippen molar-refractivity contribution in [1.82, 2.24) is 15.0 Å². The molecule has 0 unspecified atom stereocenters. The highest BCUT2D eigenvalue weighted by molar-refractivity contribution is 5.71. The molecule has 0 saturated heterocycles. The van der Waals surface area contributed by atoms with Crippen LogP contribution in [0.1, 0.15) is 32.6 Å². The molecule has 0 saturated carbocycles. The van der Waals surface area contributed by atoms with Crippen LogP contribution in [0, 0.1) is 0 Å². The van der Waals surface area contributed by atoms with E-state index in [1.165, 1.54) is 12.8 Å². The predicted molar refractivity (Wildman–Crippen MR) is 127 cm³/mol. The maximum Gasteiger partial charge on any atom is 0.167 e. The Bertz CT molecular complexity index is 1090. The molecule has 4 rings (SSSR count). The second-order valence-corrected chi connectivity index (χ2v) is 7.63. The van der Waals surface area contributed by atoms with Crippen LogP contribution in [0.3, 0.4) is 0 Å².